The van der Waals surface area contributed by atoms with Gasteiger partial charge in [0, 0.05) is 23.3 Å². The Morgan fingerprint density at radius 3 is 2.32 bits per heavy atom. The quantitative estimate of drug-likeness (QED) is 0.345. The zero-order valence-electron chi connectivity index (χ0n) is 24.0. The number of rotatable bonds is 2. The first-order valence-corrected chi connectivity index (χ1v) is 14.4. The number of nitrogens with zero attached hydrogens (tertiary/aromatic N) is 2. The molecule has 5 aliphatic rings. The van der Waals surface area contributed by atoms with E-state index >= 15 is 0 Å². The predicted octanol–water partition coefficient (Wildman–Crippen LogP) is 6.50. The van der Waals surface area contributed by atoms with Crippen LogP contribution in [0.25, 0.3) is 4.85 Å². The molecule has 5 aliphatic carbocycles. The Morgan fingerprint density at radius 1 is 1.00 bits per heavy atom. The van der Waals surface area contributed by atoms with Crippen LogP contribution in [-0.4, -0.2) is 23.7 Å². The molecule has 0 aliphatic heterocycles. The molecule has 37 heavy (non-hydrogen) atoms. The molecule has 0 saturated heterocycles. The number of hydrogen-bond donors (Lipinski definition) is 1. The van der Waals surface area contributed by atoms with Crippen LogP contribution in [0.2, 0.25) is 0 Å². The molecular formula is C32H45N3O2. The van der Waals surface area contributed by atoms with Crippen molar-refractivity contribution in [2.45, 2.75) is 105 Å². The van der Waals surface area contributed by atoms with Crippen LogP contribution in [0.1, 0.15) is 99.8 Å². The van der Waals surface area contributed by atoms with Gasteiger partial charge in [-0.05, 0) is 84.4 Å². The summed E-state index contributed by atoms with van der Waals surface area (Å²) in [6.07, 6.45) is 9.63. The first kappa shape index (κ1) is 26.6. The highest BCUT2D eigenvalue weighted by Crippen LogP contribution is 2.74. The molecule has 1 N–H and O–H groups in total. The Balaban J connectivity index is 1.62. The van der Waals surface area contributed by atoms with E-state index < -0.39 is 5.41 Å². The minimum atomic E-state index is -0.595. The molecule has 5 nitrogen and oxygen atoms in total. The van der Waals surface area contributed by atoms with Gasteiger partial charge in [0.2, 0.25) is 5.70 Å². The zero-order valence-corrected chi connectivity index (χ0v) is 24.0. The molecule has 4 fully saturated rings. The van der Waals surface area contributed by atoms with Gasteiger partial charge < -0.3 is 4.79 Å². The monoisotopic (exact) mass is 503 g/mol. The molecule has 5 rings (SSSR count). The van der Waals surface area contributed by atoms with Crippen LogP contribution in [0, 0.1) is 68.6 Å². The summed E-state index contributed by atoms with van der Waals surface area (Å²) in [5.74, 6) is 0.819. The van der Waals surface area contributed by atoms with Crippen LogP contribution in [-0.2, 0) is 9.59 Å². The lowest BCUT2D eigenvalue weighted by Gasteiger charge is -2.72. The van der Waals surface area contributed by atoms with Crippen molar-refractivity contribution in [3.8, 4) is 6.07 Å². The van der Waals surface area contributed by atoms with E-state index in [1.165, 1.54) is 0 Å². The fraction of sp³-hybridized carbons (Fsp3) is 0.812. The summed E-state index contributed by atoms with van der Waals surface area (Å²) >= 11 is 0. The molecule has 4 saturated carbocycles. The lowest BCUT2D eigenvalue weighted by atomic mass is 9.32. The average Bonchev–Trinajstić information content (AvgIpc) is 2.82. The highest BCUT2D eigenvalue weighted by atomic mass is 16.1. The van der Waals surface area contributed by atoms with Crippen molar-refractivity contribution < 1.29 is 9.59 Å². The smallest absolute Gasteiger partial charge is 0.226 e. The van der Waals surface area contributed by atoms with Crippen molar-refractivity contribution in [1.82, 2.24) is 5.32 Å². The minimum absolute atomic E-state index is 0.0176. The molecule has 0 spiro atoms. The van der Waals surface area contributed by atoms with Crippen LogP contribution in [0.4, 0.5) is 0 Å². The lowest BCUT2D eigenvalue weighted by Crippen LogP contribution is -2.71. The first-order chi connectivity index (χ1) is 17.1. The lowest BCUT2D eigenvalue weighted by molar-refractivity contribution is -0.215. The van der Waals surface area contributed by atoms with Gasteiger partial charge in [-0.2, -0.15) is 5.26 Å². The summed E-state index contributed by atoms with van der Waals surface area (Å²) in [5, 5.41) is 13.1. The summed E-state index contributed by atoms with van der Waals surface area (Å²) in [6, 6.07) is 2.31. The van der Waals surface area contributed by atoms with Crippen LogP contribution in [0.5, 0.6) is 0 Å². The van der Waals surface area contributed by atoms with Gasteiger partial charge in [0.15, 0.2) is 5.78 Å². The molecule has 0 aromatic carbocycles. The van der Waals surface area contributed by atoms with E-state index in [2.05, 4.69) is 50.8 Å². The molecule has 8 atom stereocenters. The van der Waals surface area contributed by atoms with Crippen molar-refractivity contribution >= 4 is 11.6 Å². The highest BCUT2D eigenvalue weighted by molar-refractivity contribution is 6.02. The van der Waals surface area contributed by atoms with E-state index in [4.69, 9.17) is 6.57 Å². The number of nitrogens with one attached hydrogen (secondary N) is 1. The summed E-state index contributed by atoms with van der Waals surface area (Å²) in [5.41, 5.74) is -0.830. The van der Waals surface area contributed by atoms with Gasteiger partial charge in [-0.25, -0.2) is 4.85 Å². The molecule has 200 valence electrons. The van der Waals surface area contributed by atoms with Crippen LogP contribution in [0.15, 0.2) is 11.8 Å². The Labute approximate surface area is 223 Å². The average molecular weight is 504 g/mol. The largest absolute Gasteiger partial charge is 0.307 e. The molecule has 0 bridgehead atoms. The molecule has 5 heteroatoms. The van der Waals surface area contributed by atoms with Gasteiger partial charge in [-0.15, -0.1) is 0 Å². The Morgan fingerprint density at radius 2 is 1.68 bits per heavy atom. The molecule has 0 unspecified atom stereocenters. The van der Waals surface area contributed by atoms with Gasteiger partial charge in [0.05, 0.1) is 19.2 Å². The summed E-state index contributed by atoms with van der Waals surface area (Å²) < 4.78 is 0. The molecule has 0 aromatic rings. The normalized spacial score (nSPS) is 47.8. The van der Waals surface area contributed by atoms with Crippen LogP contribution in [0.3, 0.4) is 0 Å². The Hall–Kier alpha value is -1.98. The van der Waals surface area contributed by atoms with E-state index in [0.29, 0.717) is 18.7 Å². The Bertz CT molecular complexity index is 1150. The van der Waals surface area contributed by atoms with Crippen LogP contribution < -0.4 is 5.32 Å². The van der Waals surface area contributed by atoms with E-state index in [0.717, 1.165) is 44.9 Å². The maximum Gasteiger partial charge on any atom is 0.226 e. The topological polar surface area (TPSA) is 74.3 Å². The number of carbonyl (C=O) groups is 2. The molecular weight excluding hydrogens is 458 g/mol. The predicted molar refractivity (Wildman–Crippen MR) is 144 cm³/mol. The van der Waals surface area contributed by atoms with Crippen molar-refractivity contribution in [1.29, 1.82) is 5.26 Å². The second-order valence-electron chi connectivity index (χ2n) is 15.3. The summed E-state index contributed by atoms with van der Waals surface area (Å²) in [7, 11) is 0. The fourth-order valence-corrected chi connectivity index (χ4v) is 10.8. The van der Waals surface area contributed by atoms with E-state index in [1.807, 2.05) is 19.9 Å². The maximum absolute atomic E-state index is 14.5. The van der Waals surface area contributed by atoms with Crippen molar-refractivity contribution in [2.24, 2.45) is 50.7 Å². The summed E-state index contributed by atoms with van der Waals surface area (Å²) in [4.78, 5) is 31.4. The molecule has 0 aromatic heterocycles. The van der Waals surface area contributed by atoms with Crippen molar-refractivity contribution in [3.63, 3.8) is 0 Å². The van der Waals surface area contributed by atoms with Gasteiger partial charge in [0.1, 0.15) is 5.78 Å². The third-order valence-electron chi connectivity index (χ3n) is 13.0. The number of fused-ring (bicyclic) bond motifs is 7. The number of hydrogen-bond acceptors (Lipinski definition) is 4. The van der Waals surface area contributed by atoms with Gasteiger partial charge in [-0.3, -0.25) is 10.1 Å². The number of allylic oxidation sites excluding steroid dienone is 2. The molecule has 0 amide bonds. The van der Waals surface area contributed by atoms with Gasteiger partial charge in [-0.1, -0.05) is 54.5 Å². The van der Waals surface area contributed by atoms with Gasteiger partial charge in [0.25, 0.3) is 0 Å². The van der Waals surface area contributed by atoms with Crippen molar-refractivity contribution in [2.75, 3.05) is 6.54 Å². The van der Waals surface area contributed by atoms with Crippen LogP contribution >= 0.6 is 0 Å². The number of carbonyl (C=O) groups excluding carboxylic acids is 2. The van der Waals surface area contributed by atoms with E-state index in [1.54, 1.807) is 0 Å². The number of Topliss-reactive ketones (excluding diaryl/α,β-unsaturated/α-hetero) is 2. The minimum Gasteiger partial charge on any atom is -0.307 e. The second kappa shape index (κ2) is 8.02. The second-order valence-corrected chi connectivity index (χ2v) is 15.3. The standard InChI is InChI=1S/C32H45N3O2/c1-27(2)11-13-32(35-16-15-33)14-12-31(7)25(20(32)18-27)22(36)17-24-29(5)19-21(34-8)26(37)28(3,4)23(29)9-10-30(24,31)6/h19-20,23-25,35H,9-14,16-18H2,1-7H3/t20-,23-,24+,25-,29-,30+,31+,32-/m0/s1. The maximum atomic E-state index is 14.5. The molecule has 0 radical (unpaired) electrons. The van der Waals surface area contributed by atoms with E-state index in [9.17, 15) is 14.9 Å². The fourth-order valence-electron chi connectivity index (χ4n) is 10.8. The Kier molecular flexibility index (Phi) is 5.77. The highest BCUT2D eigenvalue weighted by Gasteiger charge is 2.72. The SMILES string of the molecule is [C-]#[N+]C1=C[C@]2(C)[C@H]3CC(=O)[C@@H]4[C@@H]5CC(C)(C)CC[C@]5(NCC#N)CC[C@@]4(C)[C@]3(C)CC[C@H]2C(C)(C)C1=O. The van der Waals surface area contributed by atoms with Crippen molar-refractivity contribution in [3.05, 3.63) is 23.2 Å². The summed E-state index contributed by atoms with van der Waals surface area (Å²) in [6.45, 7) is 23.9. The van der Waals surface area contributed by atoms with E-state index in [-0.39, 0.29) is 62.4 Å². The zero-order chi connectivity index (χ0) is 27.2. The first-order valence-electron chi connectivity index (χ1n) is 14.4. The third-order valence-corrected chi connectivity index (χ3v) is 13.0. The van der Waals surface area contributed by atoms with Gasteiger partial charge >= 0.3 is 0 Å². The number of nitriles is 1. The number of ketones is 2. The molecule has 0 heterocycles. The third kappa shape index (κ3) is 3.35.